The Morgan fingerprint density at radius 2 is 1.52 bits per heavy atom. The van der Waals surface area contributed by atoms with Crippen molar-refractivity contribution in [3.05, 3.63) is 0 Å². The number of hydrogen-bond donors (Lipinski definition) is 1. The van der Waals surface area contributed by atoms with Gasteiger partial charge < -0.3 is 15.1 Å². The van der Waals surface area contributed by atoms with Crippen molar-refractivity contribution in [3.8, 4) is 0 Å². The normalized spacial score (nSPS) is 20.1. The lowest BCUT2D eigenvalue weighted by Crippen LogP contribution is -2.55. The van der Waals surface area contributed by atoms with E-state index in [1.165, 1.54) is 12.8 Å². The average molecular weight is 295 g/mol. The van der Waals surface area contributed by atoms with Gasteiger partial charge in [-0.3, -0.25) is 4.79 Å². The summed E-state index contributed by atoms with van der Waals surface area (Å²) >= 11 is 0. The maximum absolute atomic E-state index is 12.3. The Balaban J connectivity index is 1.77. The minimum Gasteiger partial charge on any atom is -0.339 e. The van der Waals surface area contributed by atoms with Crippen molar-refractivity contribution in [2.75, 3.05) is 26.2 Å². The van der Waals surface area contributed by atoms with Gasteiger partial charge in [-0.15, -0.1) is 0 Å². The molecule has 2 fully saturated rings. The van der Waals surface area contributed by atoms with Gasteiger partial charge in [0.1, 0.15) is 0 Å². The average Bonchev–Trinajstić information content (AvgIpc) is 3.01. The second-order valence-electron chi connectivity index (χ2n) is 6.26. The first kappa shape index (κ1) is 16.1. The lowest BCUT2D eigenvalue weighted by Gasteiger charge is -2.36. The summed E-state index contributed by atoms with van der Waals surface area (Å²) in [5.74, 6) is 0.403. The molecule has 1 saturated heterocycles. The monoisotopic (exact) mass is 295 g/mol. The number of carbonyl (C=O) groups is 2. The van der Waals surface area contributed by atoms with Crippen LogP contribution in [0.15, 0.2) is 0 Å². The number of urea groups is 1. The van der Waals surface area contributed by atoms with Gasteiger partial charge in [0.25, 0.3) is 0 Å². The molecule has 120 valence electrons. The van der Waals surface area contributed by atoms with Gasteiger partial charge in [-0.1, -0.05) is 26.7 Å². The van der Waals surface area contributed by atoms with Gasteiger partial charge >= 0.3 is 6.03 Å². The summed E-state index contributed by atoms with van der Waals surface area (Å²) in [6.45, 7) is 6.80. The van der Waals surface area contributed by atoms with Crippen LogP contribution in [0, 0.1) is 5.92 Å². The van der Waals surface area contributed by atoms with E-state index in [4.69, 9.17) is 0 Å². The van der Waals surface area contributed by atoms with E-state index in [0.29, 0.717) is 32.2 Å². The van der Waals surface area contributed by atoms with Crippen LogP contribution in [-0.4, -0.2) is 54.0 Å². The molecule has 0 atom stereocenters. The Hall–Kier alpha value is -1.26. The predicted molar refractivity (Wildman–Crippen MR) is 83.0 cm³/mol. The fourth-order valence-electron chi connectivity index (χ4n) is 3.36. The first-order valence-corrected chi connectivity index (χ1v) is 8.49. The molecular weight excluding hydrogens is 266 g/mol. The van der Waals surface area contributed by atoms with E-state index < -0.39 is 0 Å². The van der Waals surface area contributed by atoms with E-state index >= 15 is 0 Å². The van der Waals surface area contributed by atoms with Crippen LogP contribution in [0.1, 0.15) is 52.4 Å². The minimum absolute atomic E-state index is 0.0523. The summed E-state index contributed by atoms with van der Waals surface area (Å²) in [4.78, 5) is 28.3. The van der Waals surface area contributed by atoms with Crippen LogP contribution in [-0.2, 0) is 4.79 Å². The molecule has 21 heavy (non-hydrogen) atoms. The Bertz CT molecular complexity index is 355. The van der Waals surface area contributed by atoms with E-state index in [0.717, 1.165) is 25.7 Å². The summed E-state index contributed by atoms with van der Waals surface area (Å²) in [6, 6.07) is 0.415. The standard InChI is InChI=1S/C16H29N3O2/c1-3-13(4-2)15(20)18-9-11-19(12-10-18)16(21)17-14-7-5-6-8-14/h13-14H,3-12H2,1-2H3,(H,17,21). The highest BCUT2D eigenvalue weighted by molar-refractivity contribution is 5.79. The van der Waals surface area contributed by atoms with Crippen LogP contribution in [0.4, 0.5) is 4.79 Å². The van der Waals surface area contributed by atoms with Crippen molar-refractivity contribution in [2.24, 2.45) is 5.92 Å². The number of rotatable bonds is 4. The van der Waals surface area contributed by atoms with E-state index in [9.17, 15) is 9.59 Å². The second kappa shape index (κ2) is 7.66. The lowest BCUT2D eigenvalue weighted by atomic mass is 10.0. The van der Waals surface area contributed by atoms with E-state index in [1.54, 1.807) is 0 Å². The summed E-state index contributed by atoms with van der Waals surface area (Å²) in [7, 11) is 0. The largest absolute Gasteiger partial charge is 0.339 e. The fraction of sp³-hybridized carbons (Fsp3) is 0.875. The third-order valence-electron chi connectivity index (χ3n) is 4.90. The highest BCUT2D eigenvalue weighted by atomic mass is 16.2. The highest BCUT2D eigenvalue weighted by Gasteiger charge is 2.28. The molecule has 1 aliphatic heterocycles. The molecule has 1 aliphatic carbocycles. The summed E-state index contributed by atoms with van der Waals surface area (Å²) in [5, 5.41) is 3.12. The predicted octanol–water partition coefficient (Wildman–Crippen LogP) is 2.22. The van der Waals surface area contributed by atoms with Gasteiger partial charge in [-0.25, -0.2) is 4.79 Å². The molecule has 2 rings (SSSR count). The van der Waals surface area contributed by atoms with Crippen LogP contribution in [0.2, 0.25) is 0 Å². The minimum atomic E-state index is 0.0523. The van der Waals surface area contributed by atoms with Crippen molar-refractivity contribution in [1.82, 2.24) is 15.1 Å². The molecule has 2 aliphatic rings. The third-order valence-corrected chi connectivity index (χ3v) is 4.90. The topological polar surface area (TPSA) is 52.7 Å². The molecular formula is C16H29N3O2. The third kappa shape index (κ3) is 4.11. The van der Waals surface area contributed by atoms with Gasteiger partial charge in [-0.2, -0.15) is 0 Å². The molecule has 0 unspecified atom stereocenters. The quantitative estimate of drug-likeness (QED) is 0.864. The zero-order valence-corrected chi connectivity index (χ0v) is 13.4. The number of amides is 3. The van der Waals surface area contributed by atoms with E-state index in [-0.39, 0.29) is 17.9 Å². The zero-order valence-electron chi connectivity index (χ0n) is 13.4. The SMILES string of the molecule is CCC(CC)C(=O)N1CCN(C(=O)NC2CCCC2)CC1. The molecule has 5 nitrogen and oxygen atoms in total. The second-order valence-corrected chi connectivity index (χ2v) is 6.26. The van der Waals surface area contributed by atoms with Gasteiger partial charge in [-0.05, 0) is 25.7 Å². The van der Waals surface area contributed by atoms with E-state index in [1.807, 2.05) is 9.80 Å². The van der Waals surface area contributed by atoms with Gasteiger partial charge in [0.15, 0.2) is 0 Å². The first-order valence-electron chi connectivity index (χ1n) is 8.49. The molecule has 0 aromatic rings. The fourth-order valence-corrected chi connectivity index (χ4v) is 3.36. The summed E-state index contributed by atoms with van der Waals surface area (Å²) in [5.41, 5.74) is 0. The molecule has 0 spiro atoms. The van der Waals surface area contributed by atoms with Crippen LogP contribution >= 0.6 is 0 Å². The number of nitrogens with zero attached hydrogens (tertiary/aromatic N) is 2. The number of nitrogens with one attached hydrogen (secondary N) is 1. The number of hydrogen-bond acceptors (Lipinski definition) is 2. The van der Waals surface area contributed by atoms with Crippen LogP contribution in [0.5, 0.6) is 0 Å². The van der Waals surface area contributed by atoms with Crippen molar-refractivity contribution in [2.45, 2.75) is 58.4 Å². The van der Waals surface area contributed by atoms with Gasteiger partial charge in [0, 0.05) is 38.1 Å². The number of piperazine rings is 1. The van der Waals surface area contributed by atoms with Crippen LogP contribution in [0.25, 0.3) is 0 Å². The lowest BCUT2D eigenvalue weighted by molar-refractivity contribution is -0.137. The van der Waals surface area contributed by atoms with Crippen LogP contribution < -0.4 is 5.32 Å². The number of carbonyl (C=O) groups excluding carboxylic acids is 2. The molecule has 0 aromatic carbocycles. The van der Waals surface area contributed by atoms with Crippen molar-refractivity contribution in [3.63, 3.8) is 0 Å². The first-order chi connectivity index (χ1) is 10.2. The van der Waals surface area contributed by atoms with E-state index in [2.05, 4.69) is 19.2 Å². The molecule has 0 aromatic heterocycles. The Kier molecular flexibility index (Phi) is 5.88. The maximum atomic E-state index is 12.3. The highest BCUT2D eigenvalue weighted by Crippen LogP contribution is 2.18. The van der Waals surface area contributed by atoms with Gasteiger partial charge in [0.2, 0.25) is 5.91 Å². The van der Waals surface area contributed by atoms with Crippen molar-refractivity contribution >= 4 is 11.9 Å². The maximum Gasteiger partial charge on any atom is 0.317 e. The van der Waals surface area contributed by atoms with Crippen molar-refractivity contribution in [1.29, 1.82) is 0 Å². The molecule has 5 heteroatoms. The van der Waals surface area contributed by atoms with Gasteiger partial charge in [0.05, 0.1) is 0 Å². The molecule has 3 amide bonds. The summed E-state index contributed by atoms with van der Waals surface area (Å²) < 4.78 is 0. The van der Waals surface area contributed by atoms with Crippen molar-refractivity contribution < 1.29 is 9.59 Å². The van der Waals surface area contributed by atoms with Crippen LogP contribution in [0.3, 0.4) is 0 Å². The molecule has 1 N–H and O–H groups in total. The Labute approximate surface area is 128 Å². The molecule has 1 saturated carbocycles. The smallest absolute Gasteiger partial charge is 0.317 e. The molecule has 1 heterocycles. The molecule has 0 bridgehead atoms. The zero-order chi connectivity index (χ0) is 15.2. The summed E-state index contributed by atoms with van der Waals surface area (Å²) in [6.07, 6.45) is 6.47. The molecule has 0 radical (unpaired) electrons. The Morgan fingerprint density at radius 3 is 2.05 bits per heavy atom. The Morgan fingerprint density at radius 1 is 1.00 bits per heavy atom.